The van der Waals surface area contributed by atoms with E-state index in [9.17, 15) is 23.2 Å². The molecule has 0 aromatic heterocycles. The van der Waals surface area contributed by atoms with Gasteiger partial charge in [0.25, 0.3) is 5.91 Å². The summed E-state index contributed by atoms with van der Waals surface area (Å²) in [6, 6.07) is 6.70. The summed E-state index contributed by atoms with van der Waals surface area (Å²) < 4.78 is 37.3. The Morgan fingerprint density at radius 1 is 1.14 bits per heavy atom. The van der Waals surface area contributed by atoms with Gasteiger partial charge in [0.05, 0.1) is 26.2 Å². The first-order valence-corrected chi connectivity index (χ1v) is 9.75. The molecule has 2 atom stereocenters. The molecule has 1 aliphatic heterocycles. The third-order valence-electron chi connectivity index (χ3n) is 5.62. The topological polar surface area (TPSA) is 72.9 Å². The van der Waals surface area contributed by atoms with E-state index in [4.69, 9.17) is 4.74 Å². The molecule has 8 heteroatoms. The van der Waals surface area contributed by atoms with Crippen LogP contribution in [0.2, 0.25) is 0 Å². The molecule has 1 amide bonds. The molecule has 158 valence electrons. The van der Waals surface area contributed by atoms with Crippen molar-refractivity contribution < 1.29 is 32.6 Å². The third kappa shape index (κ3) is 5.18. The summed E-state index contributed by atoms with van der Waals surface area (Å²) in [5.74, 6) is -5.99. The fraction of sp³-hybridized carbons (Fsp3) is 0.571. The Hall–Kier alpha value is -2.35. The highest BCUT2D eigenvalue weighted by Crippen LogP contribution is 2.41. The van der Waals surface area contributed by atoms with Crippen molar-refractivity contribution in [3.63, 3.8) is 0 Å². The van der Waals surface area contributed by atoms with Gasteiger partial charge in [-0.3, -0.25) is 14.4 Å². The second kappa shape index (κ2) is 8.98. The van der Waals surface area contributed by atoms with E-state index in [1.807, 2.05) is 0 Å². The number of benzene rings is 1. The molecule has 3 rings (SSSR count). The van der Waals surface area contributed by atoms with Crippen molar-refractivity contribution in [1.82, 2.24) is 4.90 Å². The molecule has 0 bridgehead atoms. The number of alkyl halides is 2. The number of methoxy groups -OCH3 is 1. The van der Waals surface area contributed by atoms with Crippen molar-refractivity contribution in [2.75, 3.05) is 33.4 Å². The monoisotopic (exact) mass is 409 g/mol. The molecule has 0 radical (unpaired) electrons. The van der Waals surface area contributed by atoms with Crippen LogP contribution < -0.4 is 0 Å². The van der Waals surface area contributed by atoms with Crippen LogP contribution in [0, 0.1) is 11.8 Å². The zero-order valence-electron chi connectivity index (χ0n) is 16.4. The summed E-state index contributed by atoms with van der Waals surface area (Å²) in [5.41, 5.74) is 1.20. The summed E-state index contributed by atoms with van der Waals surface area (Å²) in [5, 5.41) is 0. The molecule has 1 heterocycles. The van der Waals surface area contributed by atoms with Crippen molar-refractivity contribution >= 4 is 17.7 Å². The summed E-state index contributed by atoms with van der Waals surface area (Å²) >= 11 is 0. The van der Waals surface area contributed by atoms with Crippen LogP contribution in [0.25, 0.3) is 0 Å². The molecular formula is C21H25F2NO5. The SMILES string of the molecule is COC(=O)C1CC(F)(F)CCC1C(=O)Cc1ccc(C(=O)N2CCOCC2)cc1. The van der Waals surface area contributed by atoms with Crippen LogP contribution in [0.15, 0.2) is 24.3 Å². The number of amides is 1. The lowest BCUT2D eigenvalue weighted by Gasteiger charge is -2.33. The molecule has 29 heavy (non-hydrogen) atoms. The number of hydrogen-bond acceptors (Lipinski definition) is 5. The number of halogens is 2. The standard InChI is InChI=1S/C21H25F2NO5/c1-28-20(27)17-13-21(22,23)7-6-16(17)18(25)12-14-2-4-15(5-3-14)19(26)24-8-10-29-11-9-24/h2-5,16-17H,6-13H2,1H3. The number of nitrogens with zero attached hydrogens (tertiary/aromatic N) is 1. The summed E-state index contributed by atoms with van der Waals surface area (Å²) in [7, 11) is 1.14. The molecule has 1 saturated heterocycles. The van der Waals surface area contributed by atoms with Crippen LogP contribution in [0.1, 0.15) is 35.2 Å². The number of carbonyl (C=O) groups is 3. The number of hydrogen-bond donors (Lipinski definition) is 0. The Labute approximate surface area is 168 Å². The van der Waals surface area contributed by atoms with Crippen molar-refractivity contribution in [3.8, 4) is 0 Å². The van der Waals surface area contributed by atoms with Crippen LogP contribution >= 0.6 is 0 Å². The predicted molar refractivity (Wildman–Crippen MR) is 99.7 cm³/mol. The van der Waals surface area contributed by atoms with Crippen molar-refractivity contribution in [2.45, 2.75) is 31.6 Å². The minimum atomic E-state index is -2.96. The van der Waals surface area contributed by atoms with Gasteiger partial charge in [-0.2, -0.15) is 0 Å². The Morgan fingerprint density at radius 3 is 2.41 bits per heavy atom. The zero-order valence-corrected chi connectivity index (χ0v) is 16.4. The smallest absolute Gasteiger partial charge is 0.309 e. The van der Waals surface area contributed by atoms with Gasteiger partial charge < -0.3 is 14.4 Å². The largest absolute Gasteiger partial charge is 0.469 e. The molecular weight excluding hydrogens is 384 g/mol. The maximum absolute atomic E-state index is 13.7. The molecule has 2 unspecified atom stereocenters. The van der Waals surface area contributed by atoms with Crippen molar-refractivity contribution in [1.29, 1.82) is 0 Å². The van der Waals surface area contributed by atoms with Crippen molar-refractivity contribution in [3.05, 3.63) is 35.4 Å². The van der Waals surface area contributed by atoms with E-state index >= 15 is 0 Å². The molecule has 2 aliphatic rings. The lowest BCUT2D eigenvalue weighted by Crippen LogP contribution is -2.41. The van der Waals surface area contributed by atoms with E-state index in [2.05, 4.69) is 4.74 Å². The molecule has 1 aliphatic carbocycles. The van der Waals surface area contributed by atoms with Gasteiger partial charge in [-0.15, -0.1) is 0 Å². The molecule has 1 aromatic rings. The van der Waals surface area contributed by atoms with E-state index in [1.54, 1.807) is 29.2 Å². The van der Waals surface area contributed by atoms with Gasteiger partial charge in [-0.05, 0) is 24.1 Å². The van der Waals surface area contributed by atoms with Gasteiger partial charge in [-0.1, -0.05) is 12.1 Å². The number of ether oxygens (including phenoxy) is 2. The molecule has 0 spiro atoms. The molecule has 0 N–H and O–H groups in total. The first-order chi connectivity index (χ1) is 13.8. The third-order valence-corrected chi connectivity index (χ3v) is 5.62. The van der Waals surface area contributed by atoms with Crippen LogP contribution in [-0.2, 0) is 25.5 Å². The van der Waals surface area contributed by atoms with Crippen LogP contribution in [-0.4, -0.2) is 61.9 Å². The van der Waals surface area contributed by atoms with Gasteiger partial charge in [0.15, 0.2) is 0 Å². The number of carbonyl (C=O) groups excluding carboxylic acids is 3. The number of morpholine rings is 1. The van der Waals surface area contributed by atoms with Crippen LogP contribution in [0.4, 0.5) is 8.78 Å². The minimum Gasteiger partial charge on any atom is -0.469 e. The Morgan fingerprint density at radius 2 is 1.79 bits per heavy atom. The maximum Gasteiger partial charge on any atom is 0.309 e. The first kappa shape index (κ1) is 21.4. The van der Waals surface area contributed by atoms with Crippen LogP contribution in [0.3, 0.4) is 0 Å². The highest BCUT2D eigenvalue weighted by molar-refractivity contribution is 5.94. The average molecular weight is 409 g/mol. The van der Waals surface area contributed by atoms with Gasteiger partial charge in [0.1, 0.15) is 5.78 Å². The quantitative estimate of drug-likeness (QED) is 0.699. The van der Waals surface area contributed by atoms with E-state index in [0.717, 1.165) is 7.11 Å². The lowest BCUT2D eigenvalue weighted by atomic mass is 9.74. The highest BCUT2D eigenvalue weighted by atomic mass is 19.3. The first-order valence-electron chi connectivity index (χ1n) is 9.75. The van der Waals surface area contributed by atoms with Gasteiger partial charge >= 0.3 is 5.97 Å². The number of Topliss-reactive ketones (excluding diaryl/α,β-unsaturated/α-hetero) is 1. The Balaban J connectivity index is 1.65. The summed E-state index contributed by atoms with van der Waals surface area (Å²) in [4.78, 5) is 38.9. The number of ketones is 1. The summed E-state index contributed by atoms with van der Waals surface area (Å²) in [6.45, 7) is 2.11. The molecule has 1 aromatic carbocycles. The minimum absolute atomic E-state index is 0.0236. The van der Waals surface area contributed by atoms with Gasteiger partial charge in [0.2, 0.25) is 5.92 Å². The fourth-order valence-electron chi connectivity index (χ4n) is 3.96. The van der Waals surface area contributed by atoms with E-state index in [1.165, 1.54) is 0 Å². The second-order valence-electron chi connectivity index (χ2n) is 7.58. The Kier molecular flexibility index (Phi) is 6.62. The number of esters is 1. The fourth-order valence-corrected chi connectivity index (χ4v) is 3.96. The van der Waals surface area contributed by atoms with Crippen molar-refractivity contribution in [2.24, 2.45) is 11.8 Å². The number of rotatable bonds is 5. The predicted octanol–water partition coefficient (Wildman–Crippen LogP) is 2.50. The van der Waals surface area contributed by atoms with Crippen LogP contribution in [0.5, 0.6) is 0 Å². The average Bonchev–Trinajstić information content (AvgIpc) is 2.73. The highest BCUT2D eigenvalue weighted by Gasteiger charge is 2.47. The maximum atomic E-state index is 13.7. The second-order valence-corrected chi connectivity index (χ2v) is 7.58. The van der Waals surface area contributed by atoms with E-state index < -0.39 is 36.6 Å². The molecule has 1 saturated carbocycles. The zero-order chi connectivity index (χ0) is 21.0. The molecule has 6 nitrogen and oxygen atoms in total. The normalized spacial score (nSPS) is 24.0. The lowest BCUT2D eigenvalue weighted by molar-refractivity contribution is -0.160. The van der Waals surface area contributed by atoms with E-state index in [0.29, 0.717) is 37.4 Å². The van der Waals surface area contributed by atoms with Gasteiger partial charge in [-0.25, -0.2) is 8.78 Å². The van der Waals surface area contributed by atoms with Gasteiger partial charge in [0, 0.05) is 43.8 Å². The molecule has 2 fully saturated rings. The van der Waals surface area contributed by atoms with E-state index in [-0.39, 0.29) is 24.5 Å². The summed E-state index contributed by atoms with van der Waals surface area (Å²) in [6.07, 6.45) is -1.10. The Bertz CT molecular complexity index is 759.